The van der Waals surface area contributed by atoms with Gasteiger partial charge in [-0.2, -0.15) is 0 Å². The number of aryl methyl sites for hydroxylation is 2. The van der Waals surface area contributed by atoms with Crippen molar-refractivity contribution >= 4 is 23.2 Å². The number of benzene rings is 2. The van der Waals surface area contributed by atoms with Crippen molar-refractivity contribution in [2.75, 3.05) is 17.7 Å². The highest BCUT2D eigenvalue weighted by molar-refractivity contribution is 6.03. The van der Waals surface area contributed by atoms with Crippen LogP contribution in [0.1, 0.15) is 21.6 Å². The number of hydrogen-bond acceptors (Lipinski definition) is 5. The summed E-state index contributed by atoms with van der Waals surface area (Å²) in [6.45, 7) is 3.98. The molecule has 0 saturated heterocycles. The molecule has 0 aliphatic carbocycles. The zero-order chi connectivity index (χ0) is 18.5. The molecule has 26 heavy (non-hydrogen) atoms. The van der Waals surface area contributed by atoms with Crippen LogP contribution in [0.4, 0.5) is 17.3 Å². The molecule has 1 amide bonds. The van der Waals surface area contributed by atoms with E-state index in [1.165, 1.54) is 0 Å². The van der Waals surface area contributed by atoms with Crippen LogP contribution >= 0.6 is 0 Å². The lowest BCUT2D eigenvalue weighted by molar-refractivity contribution is 0.102. The highest BCUT2D eigenvalue weighted by atomic mass is 16.5. The summed E-state index contributed by atoms with van der Waals surface area (Å²) in [5.41, 5.74) is 3.97. The van der Waals surface area contributed by atoms with Gasteiger partial charge in [-0.3, -0.25) is 4.79 Å². The number of nitrogens with one attached hydrogen (secondary N) is 2. The maximum atomic E-state index is 12.5. The molecular formula is C20H20N4O2. The summed E-state index contributed by atoms with van der Waals surface area (Å²) < 4.78 is 5.20. The van der Waals surface area contributed by atoms with Gasteiger partial charge in [-0.05, 0) is 55.3 Å². The minimum absolute atomic E-state index is 0.282. The molecule has 3 rings (SSSR count). The van der Waals surface area contributed by atoms with Gasteiger partial charge in [-0.25, -0.2) is 9.97 Å². The average molecular weight is 348 g/mol. The third-order valence-electron chi connectivity index (χ3n) is 3.69. The second-order valence-corrected chi connectivity index (χ2v) is 5.95. The summed E-state index contributed by atoms with van der Waals surface area (Å²) in [5, 5.41) is 5.95. The van der Waals surface area contributed by atoms with Crippen LogP contribution in [0.5, 0.6) is 5.75 Å². The van der Waals surface area contributed by atoms with Gasteiger partial charge in [0.15, 0.2) is 0 Å². The Kier molecular flexibility index (Phi) is 5.12. The summed E-state index contributed by atoms with van der Waals surface area (Å²) in [5.74, 6) is 0.774. The molecule has 1 heterocycles. The largest absolute Gasteiger partial charge is 0.497 e. The Balaban J connectivity index is 1.76. The first kappa shape index (κ1) is 17.4. The standard InChI is InChI=1S/C20H20N4O2/c1-13-9-14(2)11-16(10-13)22-19(25)18-7-8-21-20(24-18)23-15-5-4-6-17(12-15)26-3/h4-12H,1-3H3,(H,22,25)(H,21,23,24). The van der Waals surface area contributed by atoms with E-state index in [0.29, 0.717) is 5.95 Å². The number of carbonyl (C=O) groups is 1. The minimum Gasteiger partial charge on any atom is -0.497 e. The van der Waals surface area contributed by atoms with E-state index in [0.717, 1.165) is 28.3 Å². The van der Waals surface area contributed by atoms with Crippen LogP contribution in [0.15, 0.2) is 54.7 Å². The van der Waals surface area contributed by atoms with Gasteiger partial charge >= 0.3 is 0 Å². The molecule has 3 aromatic rings. The van der Waals surface area contributed by atoms with Crippen LogP contribution < -0.4 is 15.4 Å². The maximum absolute atomic E-state index is 12.5. The van der Waals surface area contributed by atoms with Crippen LogP contribution in [0, 0.1) is 13.8 Å². The second-order valence-electron chi connectivity index (χ2n) is 5.95. The van der Waals surface area contributed by atoms with E-state index < -0.39 is 0 Å². The monoisotopic (exact) mass is 348 g/mol. The first-order valence-electron chi connectivity index (χ1n) is 8.17. The third-order valence-corrected chi connectivity index (χ3v) is 3.69. The van der Waals surface area contributed by atoms with Gasteiger partial charge in [-0.1, -0.05) is 12.1 Å². The summed E-state index contributed by atoms with van der Waals surface area (Å²) in [6, 6.07) is 14.9. The maximum Gasteiger partial charge on any atom is 0.274 e. The molecule has 1 aromatic heterocycles. The number of anilines is 3. The van der Waals surface area contributed by atoms with Gasteiger partial charge in [-0.15, -0.1) is 0 Å². The Hall–Kier alpha value is -3.41. The number of amides is 1. The van der Waals surface area contributed by atoms with Crippen molar-refractivity contribution in [1.82, 2.24) is 9.97 Å². The van der Waals surface area contributed by atoms with Crippen molar-refractivity contribution in [2.24, 2.45) is 0 Å². The van der Waals surface area contributed by atoms with Gasteiger partial charge in [0.05, 0.1) is 7.11 Å². The van der Waals surface area contributed by atoms with Crippen molar-refractivity contribution in [3.05, 3.63) is 71.5 Å². The van der Waals surface area contributed by atoms with E-state index in [2.05, 4.69) is 26.7 Å². The molecule has 132 valence electrons. The van der Waals surface area contributed by atoms with Crippen molar-refractivity contribution in [3.63, 3.8) is 0 Å². The Bertz CT molecular complexity index is 920. The van der Waals surface area contributed by atoms with Gasteiger partial charge < -0.3 is 15.4 Å². The molecule has 0 radical (unpaired) electrons. The number of rotatable bonds is 5. The molecule has 0 spiro atoms. The molecule has 6 nitrogen and oxygen atoms in total. The lowest BCUT2D eigenvalue weighted by atomic mass is 10.1. The molecule has 0 unspecified atom stereocenters. The van der Waals surface area contributed by atoms with Crippen LogP contribution in [-0.2, 0) is 0 Å². The molecule has 0 saturated carbocycles. The average Bonchev–Trinajstić information content (AvgIpc) is 2.61. The molecule has 0 fully saturated rings. The Morgan fingerprint density at radius 1 is 1.00 bits per heavy atom. The first-order valence-corrected chi connectivity index (χ1v) is 8.17. The molecule has 6 heteroatoms. The lowest BCUT2D eigenvalue weighted by Gasteiger charge is -2.09. The predicted molar refractivity (Wildman–Crippen MR) is 102 cm³/mol. The Morgan fingerprint density at radius 3 is 2.50 bits per heavy atom. The minimum atomic E-state index is -0.286. The molecule has 0 aliphatic heterocycles. The topological polar surface area (TPSA) is 76.1 Å². The second kappa shape index (κ2) is 7.65. The highest BCUT2D eigenvalue weighted by Gasteiger charge is 2.10. The Morgan fingerprint density at radius 2 is 1.77 bits per heavy atom. The van der Waals surface area contributed by atoms with Crippen molar-refractivity contribution in [2.45, 2.75) is 13.8 Å². The molecule has 0 atom stereocenters. The van der Waals surface area contributed by atoms with Crippen LogP contribution in [0.25, 0.3) is 0 Å². The van der Waals surface area contributed by atoms with Crippen LogP contribution in [0.2, 0.25) is 0 Å². The normalized spacial score (nSPS) is 10.3. The molecular weight excluding hydrogens is 328 g/mol. The molecule has 2 N–H and O–H groups in total. The van der Waals surface area contributed by atoms with Crippen molar-refractivity contribution < 1.29 is 9.53 Å². The van der Waals surface area contributed by atoms with E-state index in [1.807, 2.05) is 50.2 Å². The van der Waals surface area contributed by atoms with Gasteiger partial charge in [0.25, 0.3) is 5.91 Å². The lowest BCUT2D eigenvalue weighted by Crippen LogP contribution is -2.15. The fraction of sp³-hybridized carbons (Fsp3) is 0.150. The van der Waals surface area contributed by atoms with E-state index in [-0.39, 0.29) is 11.6 Å². The first-order chi connectivity index (χ1) is 12.5. The summed E-state index contributed by atoms with van der Waals surface area (Å²) in [7, 11) is 1.60. The quantitative estimate of drug-likeness (QED) is 0.726. The summed E-state index contributed by atoms with van der Waals surface area (Å²) >= 11 is 0. The number of nitrogens with zero attached hydrogens (tertiary/aromatic N) is 2. The summed E-state index contributed by atoms with van der Waals surface area (Å²) in [4.78, 5) is 20.9. The molecule has 0 aliphatic rings. The fourth-order valence-corrected chi connectivity index (χ4v) is 2.62. The zero-order valence-corrected chi connectivity index (χ0v) is 14.9. The molecule has 0 bridgehead atoms. The number of hydrogen-bond donors (Lipinski definition) is 2. The van der Waals surface area contributed by atoms with Crippen LogP contribution in [0.3, 0.4) is 0 Å². The van der Waals surface area contributed by atoms with Gasteiger partial charge in [0.1, 0.15) is 11.4 Å². The fourth-order valence-electron chi connectivity index (χ4n) is 2.62. The zero-order valence-electron chi connectivity index (χ0n) is 14.9. The number of aromatic nitrogens is 2. The van der Waals surface area contributed by atoms with E-state index in [1.54, 1.807) is 19.4 Å². The highest BCUT2D eigenvalue weighted by Crippen LogP contribution is 2.20. The van der Waals surface area contributed by atoms with Gasteiger partial charge in [0, 0.05) is 23.6 Å². The Labute approximate surface area is 152 Å². The third kappa shape index (κ3) is 4.36. The smallest absolute Gasteiger partial charge is 0.274 e. The van der Waals surface area contributed by atoms with E-state index in [9.17, 15) is 4.79 Å². The van der Waals surface area contributed by atoms with Gasteiger partial charge in [0.2, 0.25) is 5.95 Å². The predicted octanol–water partition coefficient (Wildman–Crippen LogP) is 4.10. The SMILES string of the molecule is COc1cccc(Nc2nccc(C(=O)Nc3cc(C)cc(C)c3)n2)c1. The van der Waals surface area contributed by atoms with E-state index in [4.69, 9.17) is 4.74 Å². The molecule has 2 aromatic carbocycles. The number of carbonyl (C=O) groups excluding carboxylic acids is 1. The van der Waals surface area contributed by atoms with Crippen LogP contribution in [-0.4, -0.2) is 23.0 Å². The summed E-state index contributed by atoms with van der Waals surface area (Å²) in [6.07, 6.45) is 1.55. The van der Waals surface area contributed by atoms with Crippen molar-refractivity contribution in [3.8, 4) is 5.75 Å². The van der Waals surface area contributed by atoms with E-state index >= 15 is 0 Å². The van der Waals surface area contributed by atoms with Crippen molar-refractivity contribution in [1.29, 1.82) is 0 Å². The number of methoxy groups -OCH3 is 1. The number of ether oxygens (including phenoxy) is 1.